The van der Waals surface area contributed by atoms with Gasteiger partial charge in [-0.2, -0.15) is 10.1 Å². The van der Waals surface area contributed by atoms with Crippen LogP contribution >= 0.6 is 11.6 Å². The number of hydrogen-bond acceptors (Lipinski definition) is 6. The Bertz CT molecular complexity index is 3380. The number of carbonyl (C=O) groups excluding carboxylic acids is 2. The highest BCUT2D eigenvalue weighted by Gasteiger charge is 2.25. The molecule has 8 aromatic rings. The normalized spacial score (nSPS) is 12.2. The third kappa shape index (κ3) is 19.4. The number of aromatic amines is 1. The van der Waals surface area contributed by atoms with Crippen LogP contribution < -0.4 is 4.68 Å². The number of amides is 1. The molecule has 0 bridgehead atoms. The molecule has 0 spiro atoms. The van der Waals surface area contributed by atoms with Gasteiger partial charge in [-0.15, -0.1) is 4.68 Å². The maximum Gasteiger partial charge on any atom is 0.356 e. The molecular weight excluding hydrogens is 1040 g/mol. The van der Waals surface area contributed by atoms with E-state index in [1.54, 1.807) is 24.3 Å². The summed E-state index contributed by atoms with van der Waals surface area (Å²) in [5.74, 6) is 3.13. The Morgan fingerprint density at radius 1 is 0.554 bits per heavy atom. The molecule has 0 atom stereocenters. The van der Waals surface area contributed by atoms with Gasteiger partial charge in [-0.1, -0.05) is 200 Å². The molecule has 1 amide bonds. The van der Waals surface area contributed by atoms with Crippen molar-refractivity contribution in [3.05, 3.63) is 220 Å². The molecule has 9 rings (SSSR count). The highest BCUT2D eigenvalue weighted by molar-refractivity contribution is 6.67. The van der Waals surface area contributed by atoms with Crippen LogP contribution in [0.2, 0.25) is 0 Å². The number of hydrogen-bond donors (Lipinski definition) is 1. The van der Waals surface area contributed by atoms with E-state index in [1.807, 2.05) is 52.0 Å². The summed E-state index contributed by atoms with van der Waals surface area (Å²) in [5, 5.41) is 3.23. The number of nitrogens with one attached hydrogen (secondary N) is 1. The van der Waals surface area contributed by atoms with Crippen molar-refractivity contribution in [1.82, 2.24) is 10.1 Å². The number of benzene rings is 7. The first kappa shape index (κ1) is 64.3. The van der Waals surface area contributed by atoms with Crippen LogP contribution in [-0.2, 0) is 22.0 Å². The minimum Gasteiger partial charge on any atom is -0.481 e. The van der Waals surface area contributed by atoms with Crippen molar-refractivity contribution in [3.63, 3.8) is 0 Å². The first-order valence-electron chi connectivity index (χ1n) is 29.3. The predicted octanol–water partition coefficient (Wildman–Crippen LogP) is 18.3. The fraction of sp³-hybridized carbons (Fsp3) is 0.329. The molecule has 1 aromatic heterocycles. The molecule has 0 radical (unpaired) electrons. The van der Waals surface area contributed by atoms with Gasteiger partial charge in [-0.3, -0.25) is 14.6 Å². The third-order valence-electron chi connectivity index (χ3n) is 13.9. The number of aliphatic imine (C=N–C) groups is 3. The van der Waals surface area contributed by atoms with Crippen molar-refractivity contribution in [3.8, 4) is 39.3 Å². The number of ether oxygens (including phenoxy) is 1. The van der Waals surface area contributed by atoms with Crippen LogP contribution in [-0.4, -0.2) is 51.8 Å². The van der Waals surface area contributed by atoms with Gasteiger partial charge in [-0.25, -0.2) is 4.99 Å². The molecule has 0 unspecified atom stereocenters. The minimum atomic E-state index is -0.403. The number of rotatable bonds is 14. The molecule has 0 saturated heterocycles. The quantitative estimate of drug-likeness (QED) is 0.0506. The molecule has 1 aliphatic rings. The Hall–Kier alpha value is -7.88. The van der Waals surface area contributed by atoms with Crippen molar-refractivity contribution in [2.24, 2.45) is 15.0 Å². The number of nitrogens with zero attached hydrogens (tertiary/aromatic N) is 5. The van der Waals surface area contributed by atoms with E-state index in [4.69, 9.17) is 21.3 Å². The number of halogens is 1. The highest BCUT2D eigenvalue weighted by atomic mass is 35.5. The van der Waals surface area contributed by atoms with Crippen molar-refractivity contribution < 1.29 is 19.0 Å². The van der Waals surface area contributed by atoms with Gasteiger partial charge in [0.25, 0.3) is 17.0 Å². The van der Waals surface area contributed by atoms with Gasteiger partial charge in [0.2, 0.25) is 0 Å². The summed E-state index contributed by atoms with van der Waals surface area (Å²) < 4.78 is 7.49. The van der Waals surface area contributed by atoms with E-state index in [-0.39, 0.29) is 16.7 Å². The van der Waals surface area contributed by atoms with E-state index in [0.29, 0.717) is 30.1 Å². The second kappa shape index (κ2) is 30.4. The SMILES string of the molecule is CCCC(=NC(=O)c1ccc(C)cc1)OCC.CCCC1=NC(c2ccc(C)cc2)=NC1.CCCc1nc(-c2ccc(C)cc2)[n+](-c2cc(-c3ccc(C(C)(C)C)cc3)cc(-c3ccc(C(C)(C)C)cc3)c2)[nH]1.Cc1ccc(C(=O)Cl)cc1. The second-order valence-electron chi connectivity index (χ2n) is 23.3. The van der Waals surface area contributed by atoms with Crippen molar-refractivity contribution in [1.29, 1.82) is 0 Å². The Kier molecular flexibility index (Phi) is 23.6. The van der Waals surface area contributed by atoms with Crippen molar-refractivity contribution in [2.75, 3.05) is 13.2 Å². The number of aryl methyl sites for hydroxylation is 5. The summed E-state index contributed by atoms with van der Waals surface area (Å²) >= 11 is 5.22. The van der Waals surface area contributed by atoms with E-state index in [2.05, 4.69) is 209 Å². The lowest BCUT2D eigenvalue weighted by atomic mass is 9.85. The molecular formula is C73H86ClN6O3+. The summed E-state index contributed by atoms with van der Waals surface area (Å²) in [6.45, 7) is 31.3. The monoisotopic (exact) mass is 1130 g/mol. The number of amidine groups is 1. The van der Waals surface area contributed by atoms with Gasteiger partial charge in [0.1, 0.15) is 0 Å². The fourth-order valence-electron chi connectivity index (χ4n) is 8.98. The topological polar surface area (TPSA) is 113 Å². The van der Waals surface area contributed by atoms with E-state index >= 15 is 0 Å². The molecule has 0 fully saturated rings. The number of carbonyl (C=O) groups is 2. The Balaban J connectivity index is 0.000000214. The maximum absolute atomic E-state index is 11.8. The largest absolute Gasteiger partial charge is 0.481 e. The van der Waals surface area contributed by atoms with Crippen LogP contribution in [0.3, 0.4) is 0 Å². The zero-order valence-corrected chi connectivity index (χ0v) is 52.3. The summed E-state index contributed by atoms with van der Waals surface area (Å²) in [6, 6.07) is 56.5. The van der Waals surface area contributed by atoms with Crippen LogP contribution in [0.5, 0.6) is 0 Å². The Morgan fingerprint density at radius 3 is 1.43 bits per heavy atom. The van der Waals surface area contributed by atoms with Gasteiger partial charge >= 0.3 is 5.82 Å². The van der Waals surface area contributed by atoms with Gasteiger partial charge in [-0.05, 0) is 169 Å². The van der Waals surface area contributed by atoms with E-state index in [9.17, 15) is 9.59 Å². The molecule has 10 heteroatoms. The molecule has 0 saturated carbocycles. The van der Waals surface area contributed by atoms with E-state index in [0.717, 1.165) is 84.1 Å². The molecule has 0 aliphatic carbocycles. The Morgan fingerprint density at radius 2 is 1.00 bits per heavy atom. The van der Waals surface area contributed by atoms with Crippen molar-refractivity contribution in [2.45, 2.75) is 146 Å². The maximum atomic E-state index is 11.8. The lowest BCUT2D eigenvalue weighted by Gasteiger charge is -2.20. The van der Waals surface area contributed by atoms with Gasteiger partial charge in [0.05, 0.1) is 18.7 Å². The molecule has 83 heavy (non-hydrogen) atoms. The lowest BCUT2D eigenvalue weighted by molar-refractivity contribution is -0.646. The highest BCUT2D eigenvalue weighted by Crippen LogP contribution is 2.33. The smallest absolute Gasteiger partial charge is 0.356 e. The van der Waals surface area contributed by atoms with Crippen LogP contribution in [0.15, 0.2) is 179 Å². The zero-order chi connectivity index (χ0) is 60.3. The minimum absolute atomic E-state index is 0.116. The molecule has 7 aromatic carbocycles. The summed E-state index contributed by atoms with van der Waals surface area (Å²) in [6.07, 6.45) is 5.77. The first-order valence-corrected chi connectivity index (χ1v) is 29.7. The summed E-state index contributed by atoms with van der Waals surface area (Å²) in [4.78, 5) is 40.4. The van der Waals surface area contributed by atoms with Crippen LogP contribution in [0.4, 0.5) is 0 Å². The van der Waals surface area contributed by atoms with Gasteiger partial charge in [0, 0.05) is 35.2 Å². The van der Waals surface area contributed by atoms with E-state index < -0.39 is 5.24 Å². The fourth-order valence-corrected chi connectivity index (χ4v) is 9.11. The first-order chi connectivity index (χ1) is 39.6. The Labute approximate surface area is 500 Å². The van der Waals surface area contributed by atoms with Crippen molar-refractivity contribution >= 4 is 40.2 Å². The number of aromatic nitrogens is 3. The average Bonchev–Trinajstić information content (AvgIpc) is 4.25. The number of H-pyrrole nitrogens is 1. The summed E-state index contributed by atoms with van der Waals surface area (Å²) in [5.41, 5.74) is 18.1. The van der Waals surface area contributed by atoms with Crippen LogP contribution in [0, 0.1) is 27.7 Å². The van der Waals surface area contributed by atoms with Gasteiger partial charge < -0.3 is 4.74 Å². The van der Waals surface area contributed by atoms with Gasteiger partial charge in [0.15, 0.2) is 17.4 Å². The molecule has 2 heterocycles. The summed E-state index contributed by atoms with van der Waals surface area (Å²) in [7, 11) is 0. The lowest BCUT2D eigenvalue weighted by Crippen LogP contribution is -2.35. The molecule has 9 nitrogen and oxygen atoms in total. The van der Waals surface area contributed by atoms with E-state index in [1.165, 1.54) is 50.2 Å². The average molecular weight is 1130 g/mol. The molecule has 1 aliphatic heterocycles. The second-order valence-corrected chi connectivity index (χ2v) is 23.6. The standard InChI is InChI=1S/C38H43N3.C14H19NO2.C13H16N2.C8H7ClO/c1-9-10-35-39-36(29-13-11-26(2)12-14-29)41(40-35)34-24-30(27-15-19-32(20-16-27)37(3,4)5)23-31(25-34)28-17-21-33(22-18-28)38(6,7)8;1-4-6-13(17-5-2)15-14(16)12-9-7-11(3)8-10-12;1-3-4-12-9-14-13(15-12)11-7-5-10(2)6-8-11;1-6-2-4-7(5-3-6)8(9)10/h11-25H,9-10H2,1-8H3;7-10H,4-6H2,1-3H3;5-8H,3-4,9H2,1-2H3;2-5H,1H3/p+1. The van der Waals surface area contributed by atoms with Crippen LogP contribution in [0.1, 0.15) is 167 Å². The molecule has 1 N–H and O–H groups in total. The predicted molar refractivity (Wildman–Crippen MR) is 348 cm³/mol. The molecule has 432 valence electrons. The third-order valence-corrected chi connectivity index (χ3v) is 14.2. The van der Waals surface area contributed by atoms with Crippen LogP contribution in [0.25, 0.3) is 39.3 Å². The zero-order valence-electron chi connectivity index (χ0n) is 51.6.